The molecule has 0 aliphatic heterocycles. The minimum atomic E-state index is 0.807. The van der Waals surface area contributed by atoms with Gasteiger partial charge in [0.1, 0.15) is 0 Å². The zero-order valence-electron chi connectivity index (χ0n) is 9.05. The van der Waals surface area contributed by atoms with Crippen molar-refractivity contribution >= 4 is 0 Å². The Hall–Kier alpha value is -0.0400. The first-order chi connectivity index (χ1) is 6.27. The van der Waals surface area contributed by atoms with Crippen LogP contribution in [-0.4, -0.2) is 12.6 Å². The van der Waals surface area contributed by atoms with Crippen LogP contribution in [0.4, 0.5) is 0 Å². The van der Waals surface area contributed by atoms with Crippen LogP contribution in [0.15, 0.2) is 0 Å². The molecule has 2 unspecified atom stereocenters. The van der Waals surface area contributed by atoms with Crippen molar-refractivity contribution in [3.8, 4) is 0 Å². The lowest BCUT2D eigenvalue weighted by atomic mass is 9.84. The highest BCUT2D eigenvalue weighted by Gasteiger charge is 2.38. The molecule has 13 heavy (non-hydrogen) atoms. The van der Waals surface area contributed by atoms with E-state index >= 15 is 0 Å². The molecule has 0 aromatic heterocycles. The van der Waals surface area contributed by atoms with Crippen LogP contribution in [0.5, 0.6) is 0 Å². The molecule has 2 aliphatic rings. The molecule has 0 saturated heterocycles. The third kappa shape index (κ3) is 2.07. The molecule has 0 heterocycles. The van der Waals surface area contributed by atoms with E-state index in [2.05, 4.69) is 19.2 Å². The normalized spacial score (nSPS) is 38.5. The van der Waals surface area contributed by atoms with Gasteiger partial charge in [0.25, 0.3) is 0 Å². The van der Waals surface area contributed by atoms with Crippen molar-refractivity contribution < 1.29 is 0 Å². The predicted octanol–water partition coefficient (Wildman–Crippen LogP) is 2.81. The second-order valence-electron chi connectivity index (χ2n) is 5.36. The van der Waals surface area contributed by atoms with Crippen molar-refractivity contribution in [2.75, 3.05) is 6.54 Å². The summed E-state index contributed by atoms with van der Waals surface area (Å²) in [4.78, 5) is 0. The van der Waals surface area contributed by atoms with Crippen LogP contribution in [-0.2, 0) is 0 Å². The third-order valence-corrected chi connectivity index (χ3v) is 3.84. The molecular formula is C12H23N. The van der Waals surface area contributed by atoms with E-state index in [9.17, 15) is 0 Å². The van der Waals surface area contributed by atoms with E-state index in [-0.39, 0.29) is 0 Å². The maximum atomic E-state index is 3.78. The third-order valence-electron chi connectivity index (χ3n) is 3.84. The lowest BCUT2D eigenvalue weighted by Crippen LogP contribution is -2.41. The Bertz CT molecular complexity index is 149. The van der Waals surface area contributed by atoms with Gasteiger partial charge in [-0.1, -0.05) is 20.3 Å². The van der Waals surface area contributed by atoms with Gasteiger partial charge in [-0.05, 0) is 50.0 Å². The lowest BCUT2D eigenvalue weighted by Gasteiger charge is -2.31. The highest BCUT2D eigenvalue weighted by molar-refractivity contribution is 4.93. The summed E-state index contributed by atoms with van der Waals surface area (Å²) in [6, 6.07) is 0.885. The molecule has 2 fully saturated rings. The number of hydrogen-bond donors (Lipinski definition) is 1. The quantitative estimate of drug-likeness (QED) is 0.706. The lowest BCUT2D eigenvalue weighted by molar-refractivity contribution is 0.249. The molecule has 2 saturated carbocycles. The second-order valence-corrected chi connectivity index (χ2v) is 5.36. The van der Waals surface area contributed by atoms with Gasteiger partial charge in [0, 0.05) is 6.04 Å². The number of rotatable bonds is 3. The van der Waals surface area contributed by atoms with E-state index in [1.54, 1.807) is 0 Å². The molecule has 1 heteroatoms. The van der Waals surface area contributed by atoms with Crippen LogP contribution in [0, 0.1) is 17.8 Å². The van der Waals surface area contributed by atoms with Crippen molar-refractivity contribution in [3.05, 3.63) is 0 Å². The zero-order valence-corrected chi connectivity index (χ0v) is 9.05. The molecular weight excluding hydrogens is 158 g/mol. The summed E-state index contributed by atoms with van der Waals surface area (Å²) in [5.74, 6) is 2.86. The Kier molecular flexibility index (Phi) is 2.92. The zero-order chi connectivity index (χ0) is 9.26. The fourth-order valence-corrected chi connectivity index (χ4v) is 3.17. The van der Waals surface area contributed by atoms with E-state index in [4.69, 9.17) is 0 Å². The molecule has 0 amide bonds. The van der Waals surface area contributed by atoms with Gasteiger partial charge in [0.15, 0.2) is 0 Å². The van der Waals surface area contributed by atoms with Gasteiger partial charge >= 0.3 is 0 Å². The van der Waals surface area contributed by atoms with Crippen LogP contribution in [0.2, 0.25) is 0 Å². The molecule has 1 nitrogen and oxygen atoms in total. The highest BCUT2D eigenvalue weighted by atomic mass is 14.9. The molecule has 2 rings (SSSR count). The first-order valence-electron chi connectivity index (χ1n) is 6.00. The van der Waals surface area contributed by atoms with Crippen molar-refractivity contribution in [3.63, 3.8) is 0 Å². The van der Waals surface area contributed by atoms with Crippen LogP contribution < -0.4 is 5.32 Å². The topological polar surface area (TPSA) is 12.0 Å². The fraction of sp³-hybridized carbons (Fsp3) is 1.00. The summed E-state index contributed by atoms with van der Waals surface area (Å²) in [5.41, 5.74) is 0. The van der Waals surface area contributed by atoms with Crippen molar-refractivity contribution in [2.45, 2.75) is 52.0 Å². The molecule has 0 aromatic carbocycles. The number of hydrogen-bond acceptors (Lipinski definition) is 1. The molecule has 1 N–H and O–H groups in total. The number of nitrogens with one attached hydrogen (secondary N) is 1. The maximum absolute atomic E-state index is 3.78. The minimum absolute atomic E-state index is 0.807. The highest BCUT2D eigenvalue weighted by Crippen LogP contribution is 2.42. The fourth-order valence-electron chi connectivity index (χ4n) is 3.17. The van der Waals surface area contributed by atoms with Crippen molar-refractivity contribution in [2.24, 2.45) is 17.8 Å². The molecule has 2 aliphatic carbocycles. The Morgan fingerprint density at radius 3 is 2.23 bits per heavy atom. The average Bonchev–Trinajstić information content (AvgIpc) is 2.34. The molecule has 2 bridgehead atoms. The SMILES string of the molecule is CC(C)CNC1C2CCCC1CC2. The molecule has 0 spiro atoms. The molecule has 0 radical (unpaired) electrons. The summed E-state index contributed by atoms with van der Waals surface area (Å²) in [5, 5.41) is 3.78. The van der Waals surface area contributed by atoms with Gasteiger partial charge in [-0.3, -0.25) is 0 Å². The van der Waals surface area contributed by atoms with Crippen LogP contribution in [0.25, 0.3) is 0 Å². The minimum Gasteiger partial charge on any atom is -0.313 e. The van der Waals surface area contributed by atoms with Gasteiger partial charge in [0.2, 0.25) is 0 Å². The van der Waals surface area contributed by atoms with E-state index in [1.807, 2.05) is 0 Å². The Labute approximate surface area is 82.3 Å². The van der Waals surface area contributed by atoms with E-state index in [0.29, 0.717) is 0 Å². The monoisotopic (exact) mass is 181 g/mol. The maximum Gasteiger partial charge on any atom is 0.0124 e. The van der Waals surface area contributed by atoms with Gasteiger partial charge in [-0.25, -0.2) is 0 Å². The molecule has 2 atom stereocenters. The summed E-state index contributed by atoms with van der Waals surface area (Å²) < 4.78 is 0. The van der Waals surface area contributed by atoms with Gasteiger partial charge in [-0.15, -0.1) is 0 Å². The average molecular weight is 181 g/mol. The predicted molar refractivity (Wildman–Crippen MR) is 56.7 cm³/mol. The van der Waals surface area contributed by atoms with Crippen molar-refractivity contribution in [1.82, 2.24) is 5.32 Å². The first-order valence-corrected chi connectivity index (χ1v) is 6.00. The smallest absolute Gasteiger partial charge is 0.0124 e. The molecule has 0 aromatic rings. The Morgan fingerprint density at radius 1 is 1.08 bits per heavy atom. The molecule has 76 valence electrons. The standard InChI is InChI=1S/C12H23N/c1-9(2)8-13-12-10-4-3-5-11(12)7-6-10/h9-13H,3-8H2,1-2H3. The largest absolute Gasteiger partial charge is 0.313 e. The van der Waals surface area contributed by atoms with Crippen molar-refractivity contribution in [1.29, 1.82) is 0 Å². The Balaban J connectivity index is 1.85. The number of fused-ring (bicyclic) bond motifs is 2. The van der Waals surface area contributed by atoms with E-state index in [1.165, 1.54) is 38.6 Å². The second kappa shape index (κ2) is 4.00. The van der Waals surface area contributed by atoms with Crippen LogP contribution in [0.3, 0.4) is 0 Å². The summed E-state index contributed by atoms with van der Waals surface area (Å²) in [6.45, 7) is 5.83. The van der Waals surface area contributed by atoms with Crippen LogP contribution >= 0.6 is 0 Å². The van der Waals surface area contributed by atoms with E-state index in [0.717, 1.165) is 23.8 Å². The van der Waals surface area contributed by atoms with Gasteiger partial charge in [-0.2, -0.15) is 0 Å². The summed E-state index contributed by atoms with van der Waals surface area (Å²) in [7, 11) is 0. The van der Waals surface area contributed by atoms with Gasteiger partial charge in [0.05, 0.1) is 0 Å². The summed E-state index contributed by atoms with van der Waals surface area (Å²) >= 11 is 0. The Morgan fingerprint density at radius 2 is 1.69 bits per heavy atom. The summed E-state index contributed by atoms with van der Waals surface area (Å²) in [6.07, 6.45) is 7.48. The van der Waals surface area contributed by atoms with Gasteiger partial charge < -0.3 is 5.32 Å². The van der Waals surface area contributed by atoms with Crippen LogP contribution in [0.1, 0.15) is 46.0 Å². The first kappa shape index (κ1) is 9.51. The van der Waals surface area contributed by atoms with E-state index < -0.39 is 0 Å².